The molecule has 29 heavy (non-hydrogen) atoms. The van der Waals surface area contributed by atoms with Gasteiger partial charge < -0.3 is 43.8 Å². The highest BCUT2D eigenvalue weighted by atomic mass is 16.5. The van der Waals surface area contributed by atoms with E-state index in [-0.39, 0.29) is 39.9 Å². The van der Waals surface area contributed by atoms with Gasteiger partial charge in [-0.15, -0.1) is 0 Å². The first-order valence-corrected chi connectivity index (χ1v) is 8.11. The first-order chi connectivity index (χ1) is 13.8. The number of fused-ring (bicyclic) bond motifs is 1. The molecular weight excluding hydrogens is 388 g/mol. The molecule has 0 aliphatic rings. The normalized spacial score (nSPS) is 10.8. The Bertz CT molecular complexity index is 1140. The second-order valence-electron chi connectivity index (χ2n) is 5.81. The maximum atomic E-state index is 13.0. The minimum atomic E-state index is -0.827. The molecule has 1 heterocycles. The highest BCUT2D eigenvalue weighted by Gasteiger charge is 2.29. The van der Waals surface area contributed by atoms with E-state index < -0.39 is 33.8 Å². The number of phenolic OH excluding ortho intramolecular Hbond substituents is 4. The van der Waals surface area contributed by atoms with Crippen molar-refractivity contribution in [3.63, 3.8) is 0 Å². The van der Waals surface area contributed by atoms with Crippen molar-refractivity contribution >= 4 is 11.0 Å². The maximum Gasteiger partial charge on any atom is 0.239 e. The Morgan fingerprint density at radius 1 is 0.724 bits per heavy atom. The molecule has 3 aromatic rings. The lowest BCUT2D eigenvalue weighted by molar-refractivity contribution is 0.320. The van der Waals surface area contributed by atoms with E-state index in [2.05, 4.69) is 0 Å². The fourth-order valence-corrected chi connectivity index (χ4v) is 3.02. The predicted octanol–water partition coefficient (Wildman–Crippen LogP) is 2.32. The van der Waals surface area contributed by atoms with Crippen LogP contribution in [0.1, 0.15) is 0 Å². The summed E-state index contributed by atoms with van der Waals surface area (Å²) in [6, 6.07) is 2.38. The Hall–Kier alpha value is -3.95. The van der Waals surface area contributed by atoms with Gasteiger partial charge in [-0.25, -0.2) is 0 Å². The van der Waals surface area contributed by atoms with Crippen molar-refractivity contribution in [3.05, 3.63) is 22.4 Å². The van der Waals surface area contributed by atoms with Crippen molar-refractivity contribution in [2.45, 2.75) is 0 Å². The molecule has 0 atom stereocenters. The van der Waals surface area contributed by atoms with Crippen molar-refractivity contribution in [2.24, 2.45) is 0 Å². The largest absolute Gasteiger partial charge is 0.504 e. The third kappa shape index (κ3) is 2.85. The molecule has 0 saturated carbocycles. The van der Waals surface area contributed by atoms with E-state index >= 15 is 0 Å². The molecule has 0 bridgehead atoms. The second-order valence-corrected chi connectivity index (χ2v) is 5.81. The summed E-state index contributed by atoms with van der Waals surface area (Å²) < 4.78 is 26.0. The number of hydrogen-bond donors (Lipinski definition) is 4. The van der Waals surface area contributed by atoms with E-state index in [1.807, 2.05) is 0 Å². The van der Waals surface area contributed by atoms with Gasteiger partial charge in [-0.1, -0.05) is 0 Å². The number of phenols is 4. The second kappa shape index (κ2) is 7.23. The Kier molecular flexibility index (Phi) is 4.93. The van der Waals surface area contributed by atoms with Crippen molar-refractivity contribution in [1.29, 1.82) is 0 Å². The quantitative estimate of drug-likeness (QED) is 0.465. The summed E-state index contributed by atoms with van der Waals surface area (Å²) in [6.07, 6.45) is 0. The van der Waals surface area contributed by atoms with E-state index in [0.717, 1.165) is 0 Å². The van der Waals surface area contributed by atoms with Gasteiger partial charge in [0.25, 0.3) is 0 Å². The number of methoxy groups -OCH3 is 4. The standard InChI is InChI=1S/C19H18O10/c1-25-15-8(20)5-7(6-9(15)21)14-17(26-2)12(23)10-11(22)13(24)18(27-3)19(28-4)16(10)29-14/h5-6,20-22,24H,1-4H3. The molecule has 4 N–H and O–H groups in total. The van der Waals surface area contributed by atoms with Gasteiger partial charge in [0.15, 0.2) is 28.6 Å². The highest BCUT2D eigenvalue weighted by Crippen LogP contribution is 2.51. The molecular formula is C19H18O10. The number of benzene rings is 2. The Morgan fingerprint density at radius 2 is 1.24 bits per heavy atom. The van der Waals surface area contributed by atoms with E-state index in [1.54, 1.807) is 0 Å². The highest BCUT2D eigenvalue weighted by molar-refractivity contribution is 5.96. The molecule has 0 amide bonds. The van der Waals surface area contributed by atoms with Crippen LogP contribution in [0.15, 0.2) is 21.3 Å². The van der Waals surface area contributed by atoms with Gasteiger partial charge in [0.2, 0.25) is 34.2 Å². The smallest absolute Gasteiger partial charge is 0.239 e. The zero-order valence-corrected chi connectivity index (χ0v) is 15.9. The number of rotatable bonds is 5. The Morgan fingerprint density at radius 3 is 1.72 bits per heavy atom. The monoisotopic (exact) mass is 406 g/mol. The fraction of sp³-hybridized carbons (Fsp3) is 0.211. The number of hydrogen-bond acceptors (Lipinski definition) is 10. The van der Waals surface area contributed by atoms with E-state index in [4.69, 9.17) is 23.4 Å². The topological polar surface area (TPSA) is 148 Å². The minimum Gasteiger partial charge on any atom is -0.504 e. The zero-order chi connectivity index (χ0) is 21.5. The number of ether oxygens (including phenoxy) is 4. The van der Waals surface area contributed by atoms with Crippen LogP contribution >= 0.6 is 0 Å². The van der Waals surface area contributed by atoms with Gasteiger partial charge in [0.1, 0.15) is 5.39 Å². The molecule has 2 aromatic carbocycles. The van der Waals surface area contributed by atoms with E-state index in [0.29, 0.717) is 0 Å². The van der Waals surface area contributed by atoms with Gasteiger partial charge in [-0.2, -0.15) is 0 Å². The summed E-state index contributed by atoms with van der Waals surface area (Å²) in [5, 5.41) is 40.2. The minimum absolute atomic E-state index is 0.0743. The molecule has 0 aliphatic carbocycles. The first kappa shape index (κ1) is 19.8. The molecule has 0 aliphatic heterocycles. The lowest BCUT2D eigenvalue weighted by Crippen LogP contribution is -2.09. The van der Waals surface area contributed by atoms with Crippen LogP contribution in [0.2, 0.25) is 0 Å². The third-order valence-corrected chi connectivity index (χ3v) is 4.29. The maximum absolute atomic E-state index is 13.0. The molecule has 0 unspecified atom stereocenters. The molecule has 10 heteroatoms. The van der Waals surface area contributed by atoms with Crippen LogP contribution in [0, 0.1) is 0 Å². The lowest BCUT2D eigenvalue weighted by atomic mass is 10.1. The van der Waals surface area contributed by atoms with E-state index in [1.165, 1.54) is 40.6 Å². The summed E-state index contributed by atoms with van der Waals surface area (Å²) in [6.45, 7) is 0. The van der Waals surface area contributed by atoms with Crippen LogP contribution in [0.25, 0.3) is 22.3 Å². The summed E-state index contributed by atoms with van der Waals surface area (Å²) in [7, 11) is 4.94. The molecule has 154 valence electrons. The molecule has 0 radical (unpaired) electrons. The van der Waals surface area contributed by atoms with Crippen molar-refractivity contribution < 1.29 is 43.8 Å². The Balaban J connectivity index is 2.50. The molecule has 0 saturated heterocycles. The molecule has 0 fully saturated rings. The molecule has 3 rings (SSSR count). The molecule has 1 aromatic heterocycles. The van der Waals surface area contributed by atoms with Gasteiger partial charge in [-0.3, -0.25) is 4.79 Å². The summed E-state index contributed by atoms with van der Waals surface area (Å²) in [5.74, 6) is -3.41. The van der Waals surface area contributed by atoms with Crippen molar-refractivity contribution in [3.8, 4) is 57.3 Å². The zero-order valence-electron chi connectivity index (χ0n) is 15.9. The SMILES string of the molecule is COc1c(O)cc(-c2oc3c(OC)c(OC)c(O)c(O)c3c(=O)c2OC)cc1O. The van der Waals surface area contributed by atoms with Gasteiger partial charge in [0.05, 0.1) is 28.4 Å². The molecule has 10 nitrogen and oxygen atoms in total. The van der Waals surface area contributed by atoms with Crippen molar-refractivity contribution in [2.75, 3.05) is 28.4 Å². The van der Waals surface area contributed by atoms with Gasteiger partial charge >= 0.3 is 0 Å². The average Bonchev–Trinajstić information content (AvgIpc) is 2.69. The van der Waals surface area contributed by atoms with Gasteiger partial charge in [-0.05, 0) is 12.1 Å². The summed E-state index contributed by atoms with van der Waals surface area (Å²) in [4.78, 5) is 13.0. The lowest BCUT2D eigenvalue weighted by Gasteiger charge is -2.16. The first-order valence-electron chi connectivity index (χ1n) is 8.11. The van der Waals surface area contributed by atoms with Crippen LogP contribution in [-0.4, -0.2) is 48.9 Å². The summed E-state index contributed by atoms with van der Waals surface area (Å²) >= 11 is 0. The van der Waals surface area contributed by atoms with Crippen LogP contribution in [0.5, 0.6) is 46.0 Å². The fourth-order valence-electron chi connectivity index (χ4n) is 3.02. The van der Waals surface area contributed by atoms with E-state index in [9.17, 15) is 25.2 Å². The average molecular weight is 406 g/mol. The molecule has 0 spiro atoms. The van der Waals surface area contributed by atoms with Crippen molar-refractivity contribution in [1.82, 2.24) is 0 Å². The predicted molar refractivity (Wildman–Crippen MR) is 101 cm³/mol. The number of aromatic hydroxyl groups is 4. The van der Waals surface area contributed by atoms with Gasteiger partial charge in [0, 0.05) is 5.56 Å². The van der Waals surface area contributed by atoms with Crippen LogP contribution in [-0.2, 0) is 0 Å². The third-order valence-electron chi connectivity index (χ3n) is 4.29. The van der Waals surface area contributed by atoms with Crippen LogP contribution in [0.3, 0.4) is 0 Å². The summed E-state index contributed by atoms with van der Waals surface area (Å²) in [5.41, 5.74) is -0.993. The van der Waals surface area contributed by atoms with Crippen LogP contribution in [0.4, 0.5) is 0 Å². The van der Waals surface area contributed by atoms with Crippen LogP contribution < -0.4 is 24.4 Å². The Labute approximate surface area is 163 Å².